The van der Waals surface area contributed by atoms with Crippen LogP contribution in [0.15, 0.2) is 0 Å². The van der Waals surface area contributed by atoms with Gasteiger partial charge in [0.05, 0.1) is 6.04 Å². The van der Waals surface area contributed by atoms with Crippen LogP contribution in [-0.2, 0) is 9.59 Å². The third kappa shape index (κ3) is 3.48. The molecule has 1 unspecified atom stereocenters. The van der Waals surface area contributed by atoms with Crippen molar-refractivity contribution in [2.75, 3.05) is 13.1 Å². The lowest BCUT2D eigenvalue weighted by atomic mass is 10.0. The molecular weight excluding hydrogens is 206 g/mol. The minimum Gasteiger partial charge on any atom is -0.368 e. The number of rotatable bonds is 4. The van der Waals surface area contributed by atoms with Crippen LogP contribution in [-0.4, -0.2) is 41.9 Å². The van der Waals surface area contributed by atoms with Crippen molar-refractivity contribution < 1.29 is 9.59 Å². The smallest absolute Gasteiger partial charge is 0.234 e. The Labute approximate surface area is 96.4 Å². The monoisotopic (exact) mass is 227 g/mol. The number of nitrogens with one attached hydrogen (secondary N) is 1. The summed E-state index contributed by atoms with van der Waals surface area (Å²) in [4.78, 5) is 24.2. The first-order valence-electron chi connectivity index (χ1n) is 5.85. The van der Waals surface area contributed by atoms with Crippen LogP contribution in [0.5, 0.6) is 0 Å². The maximum absolute atomic E-state index is 11.2. The predicted molar refractivity (Wildman–Crippen MR) is 61.7 cm³/mol. The molecule has 0 aromatic heterocycles. The van der Waals surface area contributed by atoms with E-state index in [0.717, 1.165) is 32.4 Å². The van der Waals surface area contributed by atoms with E-state index in [1.165, 1.54) is 6.92 Å². The highest BCUT2D eigenvalue weighted by Gasteiger charge is 2.27. The van der Waals surface area contributed by atoms with Crippen LogP contribution in [0, 0.1) is 0 Å². The molecule has 1 saturated heterocycles. The van der Waals surface area contributed by atoms with E-state index < -0.39 is 0 Å². The molecule has 0 spiro atoms. The largest absolute Gasteiger partial charge is 0.368 e. The number of carbonyl (C=O) groups is 2. The summed E-state index contributed by atoms with van der Waals surface area (Å²) in [6.45, 7) is 5.15. The molecule has 0 bridgehead atoms. The molecule has 1 rings (SSSR count). The van der Waals surface area contributed by atoms with E-state index in [1.807, 2.05) is 6.92 Å². The molecule has 1 aliphatic rings. The highest BCUT2D eigenvalue weighted by molar-refractivity contribution is 5.79. The summed E-state index contributed by atoms with van der Waals surface area (Å²) in [5.41, 5.74) is 5.34. The second-order valence-corrected chi connectivity index (χ2v) is 4.34. The summed E-state index contributed by atoms with van der Waals surface area (Å²) in [5.74, 6) is -0.235. The minimum atomic E-state index is -0.250. The van der Waals surface area contributed by atoms with E-state index in [9.17, 15) is 9.59 Å². The highest BCUT2D eigenvalue weighted by atomic mass is 16.2. The first-order chi connectivity index (χ1) is 7.54. The first-order valence-corrected chi connectivity index (χ1v) is 5.85. The predicted octanol–water partition coefficient (Wildman–Crippen LogP) is -0.149. The summed E-state index contributed by atoms with van der Waals surface area (Å²) in [5, 5.41) is 2.91. The topological polar surface area (TPSA) is 75.4 Å². The highest BCUT2D eigenvalue weighted by Crippen LogP contribution is 2.14. The van der Waals surface area contributed by atoms with Crippen molar-refractivity contribution in [2.45, 2.75) is 45.2 Å². The number of amides is 2. The number of hydrogen-bond donors (Lipinski definition) is 2. The van der Waals surface area contributed by atoms with Gasteiger partial charge in [0.15, 0.2) is 0 Å². The Morgan fingerprint density at radius 2 is 2.00 bits per heavy atom. The van der Waals surface area contributed by atoms with Crippen LogP contribution < -0.4 is 11.1 Å². The second-order valence-electron chi connectivity index (χ2n) is 4.34. The first kappa shape index (κ1) is 13.0. The third-order valence-electron chi connectivity index (χ3n) is 3.09. The van der Waals surface area contributed by atoms with Gasteiger partial charge in [0.2, 0.25) is 11.8 Å². The van der Waals surface area contributed by atoms with Crippen molar-refractivity contribution in [3.05, 3.63) is 0 Å². The zero-order valence-electron chi connectivity index (χ0n) is 10.0. The molecule has 1 aliphatic heterocycles. The van der Waals surface area contributed by atoms with E-state index in [2.05, 4.69) is 10.2 Å². The molecule has 16 heavy (non-hydrogen) atoms. The van der Waals surface area contributed by atoms with Crippen molar-refractivity contribution in [3.8, 4) is 0 Å². The van der Waals surface area contributed by atoms with Gasteiger partial charge in [0.25, 0.3) is 0 Å². The van der Waals surface area contributed by atoms with Gasteiger partial charge in [-0.1, -0.05) is 6.92 Å². The van der Waals surface area contributed by atoms with Crippen LogP contribution in [0.4, 0.5) is 0 Å². The SMILES string of the molecule is CCC(C(N)=O)N1CCC(NC(C)=O)CC1. The number of carbonyl (C=O) groups excluding carboxylic acids is 2. The molecule has 0 aromatic rings. The van der Waals surface area contributed by atoms with Gasteiger partial charge in [-0.25, -0.2) is 0 Å². The maximum atomic E-state index is 11.2. The van der Waals surface area contributed by atoms with Gasteiger partial charge in [-0.05, 0) is 19.3 Å². The number of hydrogen-bond acceptors (Lipinski definition) is 3. The van der Waals surface area contributed by atoms with Gasteiger partial charge in [-0.3, -0.25) is 14.5 Å². The van der Waals surface area contributed by atoms with E-state index in [0.29, 0.717) is 0 Å². The molecule has 0 radical (unpaired) electrons. The van der Waals surface area contributed by atoms with E-state index in [1.54, 1.807) is 0 Å². The molecular formula is C11H21N3O2. The zero-order chi connectivity index (χ0) is 12.1. The summed E-state index contributed by atoms with van der Waals surface area (Å²) in [6, 6.07) is 0.0948. The summed E-state index contributed by atoms with van der Waals surface area (Å²) < 4.78 is 0. The number of nitrogens with two attached hydrogens (primary N) is 1. The fraction of sp³-hybridized carbons (Fsp3) is 0.818. The van der Waals surface area contributed by atoms with Crippen LogP contribution in [0.25, 0.3) is 0 Å². The fourth-order valence-corrected chi connectivity index (χ4v) is 2.28. The van der Waals surface area contributed by atoms with Crippen molar-refractivity contribution in [3.63, 3.8) is 0 Å². The number of piperidine rings is 1. The van der Waals surface area contributed by atoms with E-state index >= 15 is 0 Å². The zero-order valence-corrected chi connectivity index (χ0v) is 10.0. The van der Waals surface area contributed by atoms with Crippen molar-refractivity contribution in [1.82, 2.24) is 10.2 Å². The van der Waals surface area contributed by atoms with Gasteiger partial charge in [0.1, 0.15) is 0 Å². The molecule has 3 N–H and O–H groups in total. The molecule has 1 heterocycles. The molecule has 0 aliphatic carbocycles. The quantitative estimate of drug-likeness (QED) is 0.701. The lowest BCUT2D eigenvalue weighted by Crippen LogP contribution is -2.51. The summed E-state index contributed by atoms with van der Waals surface area (Å²) in [6.07, 6.45) is 2.53. The van der Waals surface area contributed by atoms with Crippen LogP contribution in [0.2, 0.25) is 0 Å². The Morgan fingerprint density at radius 3 is 2.38 bits per heavy atom. The summed E-state index contributed by atoms with van der Waals surface area (Å²) in [7, 11) is 0. The van der Waals surface area contributed by atoms with Crippen molar-refractivity contribution in [2.24, 2.45) is 5.73 Å². The Morgan fingerprint density at radius 1 is 1.44 bits per heavy atom. The number of nitrogens with zero attached hydrogens (tertiary/aromatic N) is 1. The van der Waals surface area contributed by atoms with Crippen molar-refractivity contribution in [1.29, 1.82) is 0 Å². The normalized spacial score (nSPS) is 20.4. The molecule has 5 nitrogen and oxygen atoms in total. The van der Waals surface area contributed by atoms with Crippen LogP contribution >= 0.6 is 0 Å². The van der Waals surface area contributed by atoms with Gasteiger partial charge in [-0.15, -0.1) is 0 Å². The second kappa shape index (κ2) is 5.84. The van der Waals surface area contributed by atoms with Crippen molar-refractivity contribution >= 4 is 11.8 Å². The van der Waals surface area contributed by atoms with Gasteiger partial charge < -0.3 is 11.1 Å². The molecule has 5 heteroatoms. The molecule has 92 valence electrons. The van der Waals surface area contributed by atoms with E-state index in [4.69, 9.17) is 5.73 Å². The van der Waals surface area contributed by atoms with E-state index in [-0.39, 0.29) is 23.9 Å². The average molecular weight is 227 g/mol. The molecule has 0 aromatic carbocycles. The fourth-order valence-electron chi connectivity index (χ4n) is 2.28. The van der Waals surface area contributed by atoms with Crippen LogP contribution in [0.3, 0.4) is 0 Å². The molecule has 1 atom stereocenters. The molecule has 1 fully saturated rings. The Bertz CT molecular complexity index is 260. The van der Waals surface area contributed by atoms with Gasteiger partial charge >= 0.3 is 0 Å². The molecule has 2 amide bonds. The average Bonchev–Trinajstić information content (AvgIpc) is 2.20. The number of likely N-dealkylation sites (tertiary alicyclic amines) is 1. The third-order valence-corrected chi connectivity index (χ3v) is 3.09. The van der Waals surface area contributed by atoms with Crippen LogP contribution in [0.1, 0.15) is 33.1 Å². The lowest BCUT2D eigenvalue weighted by Gasteiger charge is -2.35. The van der Waals surface area contributed by atoms with Gasteiger partial charge in [-0.2, -0.15) is 0 Å². The summed E-state index contributed by atoms with van der Waals surface area (Å²) >= 11 is 0. The van der Waals surface area contributed by atoms with Gasteiger partial charge in [0, 0.05) is 26.1 Å². The lowest BCUT2D eigenvalue weighted by molar-refractivity contribution is -0.124. The standard InChI is InChI=1S/C11H21N3O2/c1-3-10(11(12)16)14-6-4-9(5-7-14)13-8(2)15/h9-10H,3-7H2,1-2H3,(H2,12,16)(H,13,15). The Balaban J connectivity index is 2.41. The maximum Gasteiger partial charge on any atom is 0.234 e. The minimum absolute atomic E-state index is 0.0143. The Hall–Kier alpha value is -1.10. The number of primary amides is 1. The Kier molecular flexibility index (Phi) is 4.73. The molecule has 0 saturated carbocycles.